The second-order valence-electron chi connectivity index (χ2n) is 6.21. The molecule has 130 valence electrons. The number of carbonyl (C=O) groups excluding carboxylic acids is 2. The molecule has 2 aromatic rings. The predicted molar refractivity (Wildman–Crippen MR) is 94.7 cm³/mol. The molecule has 0 bridgehead atoms. The van der Waals surface area contributed by atoms with Crippen molar-refractivity contribution >= 4 is 34.6 Å². The Labute approximate surface area is 156 Å². The molecule has 2 amide bonds. The highest BCUT2D eigenvalue weighted by Crippen LogP contribution is 2.42. The molecule has 2 N–H and O–H groups in total. The molecule has 1 spiro atoms. The fourth-order valence-corrected chi connectivity index (χ4v) is 4.43. The first-order valence-corrected chi connectivity index (χ1v) is 8.67. The number of carbonyl (C=O) groups is 2. The smallest absolute Gasteiger partial charge is 0.409 e. The first kappa shape index (κ1) is 16.3. The number of nitrogens with zero attached hydrogens (tertiary/aromatic N) is 2. The lowest BCUT2D eigenvalue weighted by Gasteiger charge is -2.50. The first-order chi connectivity index (χ1) is 12.0. The monoisotopic (exact) mass is 456 g/mol. The van der Waals surface area contributed by atoms with Gasteiger partial charge >= 0.3 is 6.09 Å². The van der Waals surface area contributed by atoms with Crippen LogP contribution in [-0.4, -0.2) is 53.6 Å². The van der Waals surface area contributed by atoms with Crippen LogP contribution in [0, 0.1) is 9.39 Å². The second-order valence-corrected chi connectivity index (χ2v) is 7.29. The Morgan fingerprint density at radius 2 is 2.24 bits per heavy atom. The van der Waals surface area contributed by atoms with Crippen molar-refractivity contribution in [3.8, 4) is 11.3 Å². The Morgan fingerprint density at radius 3 is 2.92 bits per heavy atom. The van der Waals surface area contributed by atoms with E-state index in [-0.39, 0.29) is 5.91 Å². The highest BCUT2D eigenvalue weighted by atomic mass is 127. The number of rotatable bonds is 1. The highest BCUT2D eigenvalue weighted by Gasteiger charge is 2.52. The standard InChI is InChI=1S/C16H14FIN4O3/c1-25-15(24)22-6-16(7-22)5-20-14(23)10-11(18)12(21-13(10)16)8-2-3-19-4-9(8)17/h2-4,21H,5-7H2,1H3,(H,20,23). The minimum atomic E-state index is -0.460. The molecule has 0 radical (unpaired) electrons. The first-order valence-electron chi connectivity index (χ1n) is 7.60. The van der Waals surface area contributed by atoms with Gasteiger partial charge in [-0.05, 0) is 28.7 Å². The van der Waals surface area contributed by atoms with E-state index in [4.69, 9.17) is 4.74 Å². The molecule has 0 atom stereocenters. The van der Waals surface area contributed by atoms with Crippen LogP contribution < -0.4 is 5.32 Å². The number of aromatic amines is 1. The summed E-state index contributed by atoms with van der Waals surface area (Å²) in [5, 5.41) is 2.88. The molecule has 1 saturated heterocycles. The maximum atomic E-state index is 14.2. The number of methoxy groups -OCH3 is 1. The van der Waals surface area contributed by atoms with Gasteiger partial charge in [-0.25, -0.2) is 9.18 Å². The van der Waals surface area contributed by atoms with Crippen LogP contribution in [0.4, 0.5) is 9.18 Å². The van der Waals surface area contributed by atoms with Crippen LogP contribution in [-0.2, 0) is 10.2 Å². The summed E-state index contributed by atoms with van der Waals surface area (Å²) in [5.41, 5.74) is 1.77. The topological polar surface area (TPSA) is 87.3 Å². The molecule has 0 unspecified atom stereocenters. The lowest BCUT2D eigenvalue weighted by atomic mass is 9.73. The van der Waals surface area contributed by atoms with Crippen LogP contribution in [0.5, 0.6) is 0 Å². The summed E-state index contributed by atoms with van der Waals surface area (Å²) in [6.45, 7) is 1.28. The van der Waals surface area contributed by atoms with Crippen LogP contribution in [0.2, 0.25) is 0 Å². The van der Waals surface area contributed by atoms with Gasteiger partial charge in [0.25, 0.3) is 5.91 Å². The van der Waals surface area contributed by atoms with Gasteiger partial charge in [0.2, 0.25) is 0 Å². The number of nitrogens with one attached hydrogen (secondary N) is 2. The summed E-state index contributed by atoms with van der Waals surface area (Å²) < 4.78 is 19.6. The van der Waals surface area contributed by atoms with Gasteiger partial charge in [-0.2, -0.15) is 0 Å². The van der Waals surface area contributed by atoms with Crippen LogP contribution in [0.3, 0.4) is 0 Å². The molecular formula is C16H14FIN4O3. The summed E-state index contributed by atoms with van der Waals surface area (Å²) in [7, 11) is 1.34. The fraction of sp³-hybridized carbons (Fsp3) is 0.312. The van der Waals surface area contributed by atoms with Gasteiger partial charge in [0.15, 0.2) is 5.82 Å². The average Bonchev–Trinajstić information content (AvgIpc) is 2.92. The Balaban J connectivity index is 1.79. The molecule has 25 heavy (non-hydrogen) atoms. The SMILES string of the molecule is COC(=O)N1CC2(CNC(=O)c3c2[nH]c(-c2ccncc2F)c3I)C1. The van der Waals surface area contributed by atoms with Crippen molar-refractivity contribution in [1.82, 2.24) is 20.2 Å². The van der Waals surface area contributed by atoms with Gasteiger partial charge in [-0.3, -0.25) is 9.78 Å². The summed E-state index contributed by atoms with van der Waals surface area (Å²) in [6, 6.07) is 1.57. The van der Waals surface area contributed by atoms with Crippen molar-refractivity contribution in [1.29, 1.82) is 0 Å². The molecule has 2 aromatic heterocycles. The number of hydrogen-bond donors (Lipinski definition) is 2. The Kier molecular flexibility index (Phi) is 3.71. The molecule has 7 nitrogen and oxygen atoms in total. The third-order valence-electron chi connectivity index (χ3n) is 4.75. The van der Waals surface area contributed by atoms with Gasteiger partial charge in [-0.15, -0.1) is 0 Å². The molecule has 0 aliphatic carbocycles. The minimum Gasteiger partial charge on any atom is -0.453 e. The molecule has 0 saturated carbocycles. The minimum absolute atomic E-state index is 0.196. The molecule has 1 fully saturated rings. The van der Waals surface area contributed by atoms with E-state index in [1.165, 1.54) is 13.3 Å². The number of aromatic nitrogens is 2. The normalized spacial score (nSPS) is 17.7. The zero-order chi connectivity index (χ0) is 17.8. The van der Waals surface area contributed by atoms with Crippen molar-refractivity contribution in [2.75, 3.05) is 26.7 Å². The van der Waals surface area contributed by atoms with Gasteiger partial charge in [0.1, 0.15) is 0 Å². The van der Waals surface area contributed by atoms with Gasteiger partial charge in [-0.1, -0.05) is 0 Å². The number of ether oxygens (including phenoxy) is 1. The molecule has 2 aliphatic heterocycles. The maximum absolute atomic E-state index is 14.2. The Hall–Kier alpha value is -2.17. The number of likely N-dealkylation sites (tertiary alicyclic amines) is 1. The lowest BCUT2D eigenvalue weighted by Crippen LogP contribution is -2.67. The van der Waals surface area contributed by atoms with Crippen molar-refractivity contribution in [3.63, 3.8) is 0 Å². The van der Waals surface area contributed by atoms with E-state index in [1.54, 1.807) is 11.0 Å². The number of halogens is 2. The fourth-order valence-electron chi connectivity index (χ4n) is 3.49. The molecule has 4 rings (SSSR count). The van der Waals surface area contributed by atoms with E-state index in [0.717, 1.165) is 11.9 Å². The average molecular weight is 456 g/mol. The summed E-state index contributed by atoms with van der Waals surface area (Å²) in [6.07, 6.45) is 2.25. The molecule has 2 aliphatic rings. The molecular weight excluding hydrogens is 442 g/mol. The molecule has 0 aromatic carbocycles. The zero-order valence-corrected chi connectivity index (χ0v) is 15.4. The van der Waals surface area contributed by atoms with Crippen LogP contribution in [0.1, 0.15) is 16.1 Å². The van der Waals surface area contributed by atoms with Gasteiger partial charge < -0.3 is 19.9 Å². The largest absolute Gasteiger partial charge is 0.453 e. The zero-order valence-electron chi connectivity index (χ0n) is 13.2. The second kappa shape index (κ2) is 5.68. The van der Waals surface area contributed by atoms with Gasteiger partial charge in [0.05, 0.1) is 33.5 Å². The van der Waals surface area contributed by atoms with Crippen molar-refractivity contribution in [3.05, 3.63) is 39.1 Å². The van der Waals surface area contributed by atoms with E-state index >= 15 is 0 Å². The third kappa shape index (κ3) is 2.32. The number of hydrogen-bond acceptors (Lipinski definition) is 4. The van der Waals surface area contributed by atoms with E-state index in [9.17, 15) is 14.0 Å². The molecule has 4 heterocycles. The van der Waals surface area contributed by atoms with Crippen LogP contribution >= 0.6 is 22.6 Å². The van der Waals surface area contributed by atoms with Crippen molar-refractivity contribution in [2.45, 2.75) is 5.41 Å². The van der Waals surface area contributed by atoms with E-state index in [1.807, 2.05) is 0 Å². The summed E-state index contributed by atoms with van der Waals surface area (Å²) in [4.78, 5) is 32.6. The Bertz CT molecular complexity index is 892. The summed E-state index contributed by atoms with van der Waals surface area (Å²) >= 11 is 2.05. The van der Waals surface area contributed by atoms with E-state index in [0.29, 0.717) is 40.0 Å². The predicted octanol–water partition coefficient (Wildman–Crippen LogP) is 1.88. The number of pyridine rings is 1. The molecule has 9 heteroatoms. The van der Waals surface area contributed by atoms with Gasteiger partial charge in [0, 0.05) is 37.1 Å². The van der Waals surface area contributed by atoms with Crippen molar-refractivity contribution < 1.29 is 18.7 Å². The van der Waals surface area contributed by atoms with E-state index in [2.05, 4.69) is 37.9 Å². The third-order valence-corrected chi connectivity index (χ3v) is 5.82. The number of amides is 2. The quantitative estimate of drug-likeness (QED) is 0.642. The van der Waals surface area contributed by atoms with Crippen LogP contribution in [0.15, 0.2) is 18.5 Å². The number of H-pyrrole nitrogens is 1. The number of fused-ring (bicyclic) bond motifs is 2. The maximum Gasteiger partial charge on any atom is 0.409 e. The summed E-state index contributed by atoms with van der Waals surface area (Å²) in [5.74, 6) is -0.656. The van der Waals surface area contributed by atoms with Crippen molar-refractivity contribution in [2.24, 2.45) is 0 Å². The lowest BCUT2D eigenvalue weighted by molar-refractivity contribution is 0.0418. The van der Waals surface area contributed by atoms with Crippen LogP contribution in [0.25, 0.3) is 11.3 Å². The Morgan fingerprint density at radius 1 is 1.48 bits per heavy atom. The van der Waals surface area contributed by atoms with E-state index < -0.39 is 17.3 Å². The highest BCUT2D eigenvalue weighted by molar-refractivity contribution is 14.1.